The average Bonchev–Trinajstić information content (AvgIpc) is 3.11. The van der Waals surface area contributed by atoms with Gasteiger partial charge in [-0.15, -0.1) is 0 Å². The van der Waals surface area contributed by atoms with Gasteiger partial charge in [-0.25, -0.2) is 9.97 Å². The fraction of sp³-hybridized carbons (Fsp3) is 0.143. The zero-order chi connectivity index (χ0) is 13.1. The zero-order valence-corrected chi connectivity index (χ0v) is 10.6. The van der Waals surface area contributed by atoms with Crippen LogP contribution in [0.5, 0.6) is 5.75 Å². The van der Waals surface area contributed by atoms with Crippen molar-refractivity contribution in [1.29, 1.82) is 0 Å². The van der Waals surface area contributed by atoms with E-state index in [-0.39, 0.29) is 0 Å². The number of benzene rings is 1. The van der Waals surface area contributed by atoms with Gasteiger partial charge in [0.1, 0.15) is 5.75 Å². The Kier molecular flexibility index (Phi) is 3.02. The molecule has 5 nitrogen and oxygen atoms in total. The van der Waals surface area contributed by atoms with Crippen molar-refractivity contribution in [3.05, 3.63) is 61.2 Å². The molecule has 0 N–H and O–H groups in total. The lowest BCUT2D eigenvalue weighted by molar-refractivity contribution is 0.414. The number of hydrogen-bond acceptors (Lipinski definition) is 3. The highest BCUT2D eigenvalue weighted by Crippen LogP contribution is 2.16. The van der Waals surface area contributed by atoms with Crippen LogP contribution in [-0.2, 0) is 6.54 Å². The standard InChI is InChI=1S/C14H14N4O/c1-19-14-4-2-3-13(7-14)18-9-12(16-11-18)8-17-6-5-15-10-17/h2-7,9-11H,8H2,1H3. The number of imidazole rings is 2. The number of hydrogen-bond donors (Lipinski definition) is 0. The molecule has 0 bridgehead atoms. The van der Waals surface area contributed by atoms with Crippen molar-refractivity contribution in [2.75, 3.05) is 7.11 Å². The first-order valence-corrected chi connectivity index (χ1v) is 5.98. The fourth-order valence-electron chi connectivity index (χ4n) is 1.92. The number of nitrogens with zero attached hydrogens (tertiary/aromatic N) is 4. The van der Waals surface area contributed by atoms with Gasteiger partial charge in [-0.3, -0.25) is 0 Å². The van der Waals surface area contributed by atoms with Crippen molar-refractivity contribution in [3.63, 3.8) is 0 Å². The molecule has 3 aromatic rings. The van der Waals surface area contributed by atoms with E-state index in [9.17, 15) is 0 Å². The molecule has 0 fully saturated rings. The third kappa shape index (κ3) is 2.49. The molecular formula is C14H14N4O. The molecule has 2 aromatic heterocycles. The third-order valence-electron chi connectivity index (χ3n) is 2.89. The van der Waals surface area contributed by atoms with Crippen molar-refractivity contribution in [2.45, 2.75) is 6.54 Å². The van der Waals surface area contributed by atoms with Crippen LogP contribution in [0, 0.1) is 0 Å². The lowest BCUT2D eigenvalue weighted by atomic mass is 10.3. The van der Waals surface area contributed by atoms with Crippen LogP contribution in [0.15, 0.2) is 55.5 Å². The van der Waals surface area contributed by atoms with Crippen molar-refractivity contribution >= 4 is 0 Å². The first kappa shape index (κ1) is 11.5. The van der Waals surface area contributed by atoms with Crippen molar-refractivity contribution in [2.24, 2.45) is 0 Å². The lowest BCUT2D eigenvalue weighted by Crippen LogP contribution is -1.96. The third-order valence-corrected chi connectivity index (χ3v) is 2.89. The normalized spacial score (nSPS) is 10.6. The predicted molar refractivity (Wildman–Crippen MR) is 71.4 cm³/mol. The molecular weight excluding hydrogens is 240 g/mol. The van der Waals surface area contributed by atoms with E-state index < -0.39 is 0 Å². The van der Waals surface area contributed by atoms with E-state index in [4.69, 9.17) is 4.74 Å². The van der Waals surface area contributed by atoms with Gasteiger partial charge in [0.25, 0.3) is 0 Å². The highest BCUT2D eigenvalue weighted by atomic mass is 16.5. The second-order valence-electron chi connectivity index (χ2n) is 4.21. The Morgan fingerprint density at radius 1 is 1.26 bits per heavy atom. The van der Waals surface area contributed by atoms with Gasteiger partial charge in [0.05, 0.1) is 37.7 Å². The molecule has 3 rings (SSSR count). The second-order valence-corrected chi connectivity index (χ2v) is 4.21. The Morgan fingerprint density at radius 3 is 3.00 bits per heavy atom. The van der Waals surface area contributed by atoms with Gasteiger partial charge < -0.3 is 13.9 Å². The Balaban J connectivity index is 1.84. The zero-order valence-electron chi connectivity index (χ0n) is 10.6. The molecule has 0 spiro atoms. The fourth-order valence-corrected chi connectivity index (χ4v) is 1.92. The van der Waals surface area contributed by atoms with Crippen molar-refractivity contribution in [1.82, 2.24) is 19.1 Å². The highest BCUT2D eigenvalue weighted by Gasteiger charge is 2.02. The van der Waals surface area contributed by atoms with Crippen molar-refractivity contribution < 1.29 is 4.74 Å². The molecule has 0 atom stereocenters. The van der Waals surface area contributed by atoms with Gasteiger partial charge in [-0.05, 0) is 12.1 Å². The number of rotatable bonds is 4. The summed E-state index contributed by atoms with van der Waals surface area (Å²) in [6, 6.07) is 7.88. The Hall–Kier alpha value is -2.56. The summed E-state index contributed by atoms with van der Waals surface area (Å²) >= 11 is 0. The molecule has 0 aliphatic rings. The summed E-state index contributed by atoms with van der Waals surface area (Å²) in [4.78, 5) is 8.41. The molecule has 0 saturated heterocycles. The van der Waals surface area contributed by atoms with Crippen LogP contribution in [0.1, 0.15) is 5.69 Å². The molecule has 0 aliphatic heterocycles. The van der Waals surface area contributed by atoms with E-state index in [2.05, 4.69) is 9.97 Å². The lowest BCUT2D eigenvalue weighted by Gasteiger charge is -2.04. The average molecular weight is 254 g/mol. The molecule has 0 saturated carbocycles. The summed E-state index contributed by atoms with van der Waals surface area (Å²) < 4.78 is 9.19. The van der Waals surface area contributed by atoms with Crippen molar-refractivity contribution in [3.8, 4) is 11.4 Å². The van der Waals surface area contributed by atoms with E-state index in [0.717, 1.165) is 23.7 Å². The maximum Gasteiger partial charge on any atom is 0.120 e. The summed E-state index contributed by atoms with van der Waals surface area (Å²) in [6.07, 6.45) is 9.28. The maximum atomic E-state index is 5.22. The van der Waals surface area contributed by atoms with Gasteiger partial charge in [0, 0.05) is 24.7 Å². The number of methoxy groups -OCH3 is 1. The number of aromatic nitrogens is 4. The molecule has 0 aliphatic carbocycles. The molecule has 96 valence electrons. The molecule has 0 amide bonds. The Bertz CT molecular complexity index is 658. The SMILES string of the molecule is COc1cccc(-n2cnc(Cn3ccnc3)c2)c1. The topological polar surface area (TPSA) is 44.9 Å². The summed E-state index contributed by atoms with van der Waals surface area (Å²) in [6.45, 7) is 0.719. The van der Waals surface area contributed by atoms with Crippen LogP contribution in [0.3, 0.4) is 0 Å². The van der Waals surface area contributed by atoms with Crippen LogP contribution in [0.2, 0.25) is 0 Å². The summed E-state index contributed by atoms with van der Waals surface area (Å²) in [5, 5.41) is 0. The van der Waals surface area contributed by atoms with Crippen LogP contribution >= 0.6 is 0 Å². The molecule has 1 aromatic carbocycles. The summed E-state index contributed by atoms with van der Waals surface area (Å²) in [7, 11) is 1.66. The van der Waals surface area contributed by atoms with E-state index in [1.54, 1.807) is 26.0 Å². The largest absolute Gasteiger partial charge is 0.497 e. The van der Waals surface area contributed by atoms with E-state index in [0.29, 0.717) is 0 Å². The predicted octanol–water partition coefficient (Wildman–Crippen LogP) is 2.13. The van der Waals surface area contributed by atoms with Crippen LogP contribution < -0.4 is 4.74 Å². The quantitative estimate of drug-likeness (QED) is 0.716. The van der Waals surface area contributed by atoms with Crippen LogP contribution in [-0.4, -0.2) is 26.2 Å². The Morgan fingerprint density at radius 2 is 2.21 bits per heavy atom. The second kappa shape index (κ2) is 4.97. The summed E-state index contributed by atoms with van der Waals surface area (Å²) in [5.74, 6) is 0.836. The Labute approximate surface area is 111 Å². The molecule has 0 unspecified atom stereocenters. The van der Waals surface area contributed by atoms with Gasteiger partial charge in [-0.1, -0.05) is 6.07 Å². The summed E-state index contributed by atoms with van der Waals surface area (Å²) in [5.41, 5.74) is 2.02. The highest BCUT2D eigenvalue weighted by molar-refractivity contribution is 5.39. The monoisotopic (exact) mass is 254 g/mol. The van der Waals surface area contributed by atoms with E-state index in [1.807, 2.05) is 45.8 Å². The molecule has 5 heteroatoms. The molecule has 19 heavy (non-hydrogen) atoms. The number of ether oxygens (including phenoxy) is 1. The van der Waals surface area contributed by atoms with Crippen LogP contribution in [0.25, 0.3) is 5.69 Å². The minimum absolute atomic E-state index is 0.719. The molecule has 2 heterocycles. The first-order chi connectivity index (χ1) is 9.35. The van der Waals surface area contributed by atoms with Crippen LogP contribution in [0.4, 0.5) is 0 Å². The first-order valence-electron chi connectivity index (χ1n) is 5.98. The maximum absolute atomic E-state index is 5.22. The van der Waals surface area contributed by atoms with Gasteiger partial charge in [0.15, 0.2) is 0 Å². The minimum atomic E-state index is 0.719. The minimum Gasteiger partial charge on any atom is -0.497 e. The van der Waals surface area contributed by atoms with E-state index >= 15 is 0 Å². The van der Waals surface area contributed by atoms with E-state index in [1.165, 1.54) is 0 Å². The van der Waals surface area contributed by atoms with Gasteiger partial charge >= 0.3 is 0 Å². The van der Waals surface area contributed by atoms with Gasteiger partial charge in [0.2, 0.25) is 0 Å². The molecule has 0 radical (unpaired) electrons. The smallest absolute Gasteiger partial charge is 0.120 e. The van der Waals surface area contributed by atoms with Gasteiger partial charge in [-0.2, -0.15) is 0 Å².